The molecule has 1 saturated carbocycles. The van der Waals surface area contributed by atoms with E-state index in [1.54, 1.807) is 6.07 Å². The number of likely N-dealkylation sites (N-methyl/N-ethyl adjacent to an activating group) is 1. The number of nitrogens with one attached hydrogen (secondary N) is 1. The standard InChI is InChI=1S/C51H56Cl2N4O5/c1-5-47(36-17-20-43(52)44(53)25-36)61-41-18-15-35(16-19-41)49-30-56(4)28-39-24-37-26-46(57(40-9-7-6-8-10-40)29-38(37)27-48(39)62-49)50(58)55-45(51(59)60)23-33-11-13-34(14-12-33)42-21-22-54-32(3)31(42)2/h11-22,24-25,27,40,45-47,49H,5-10,23,26,28-30H2,1-4H3,(H,55,58)(H,59,60)/t45-,46-,47+,49+/m0/s1. The molecule has 4 atom stereocenters. The minimum atomic E-state index is -1.06. The van der Waals surface area contributed by atoms with Crippen LogP contribution in [0.15, 0.2) is 91.1 Å². The van der Waals surface area contributed by atoms with Crippen molar-refractivity contribution in [1.29, 1.82) is 0 Å². The van der Waals surface area contributed by atoms with Gasteiger partial charge in [0, 0.05) is 49.6 Å². The minimum absolute atomic E-state index is 0.165. The molecular formula is C51H56Cl2N4O5. The number of fused-ring (bicyclic) bond motifs is 2. The van der Waals surface area contributed by atoms with E-state index in [-0.39, 0.29) is 30.6 Å². The van der Waals surface area contributed by atoms with E-state index in [1.807, 2.05) is 67.7 Å². The number of rotatable bonds is 12. The molecule has 2 aliphatic heterocycles. The van der Waals surface area contributed by atoms with Crippen molar-refractivity contribution in [2.75, 3.05) is 13.6 Å². The van der Waals surface area contributed by atoms with E-state index in [4.69, 9.17) is 32.7 Å². The highest BCUT2D eigenvalue weighted by molar-refractivity contribution is 6.42. The van der Waals surface area contributed by atoms with Crippen LogP contribution in [0, 0.1) is 13.8 Å². The van der Waals surface area contributed by atoms with E-state index < -0.39 is 18.1 Å². The van der Waals surface area contributed by atoms with Gasteiger partial charge in [0.05, 0.1) is 16.1 Å². The highest BCUT2D eigenvalue weighted by Crippen LogP contribution is 2.39. The molecule has 4 aromatic carbocycles. The van der Waals surface area contributed by atoms with Crippen molar-refractivity contribution in [3.63, 3.8) is 0 Å². The number of aryl methyl sites for hydroxylation is 1. The third-order valence-corrected chi connectivity index (χ3v) is 13.8. The maximum absolute atomic E-state index is 14.4. The highest BCUT2D eigenvalue weighted by atomic mass is 35.5. The number of carboxylic acid groups (broad SMARTS) is 1. The molecule has 1 aromatic heterocycles. The Kier molecular flexibility index (Phi) is 13.5. The molecule has 324 valence electrons. The van der Waals surface area contributed by atoms with Crippen LogP contribution in [-0.4, -0.2) is 63.5 Å². The fourth-order valence-electron chi connectivity index (χ4n) is 9.46. The number of carbonyl (C=O) groups excluding carboxylic acids is 1. The lowest BCUT2D eigenvalue weighted by Gasteiger charge is -2.43. The van der Waals surface area contributed by atoms with Gasteiger partial charge in [0.1, 0.15) is 29.7 Å². The summed E-state index contributed by atoms with van der Waals surface area (Å²) in [6.45, 7) is 8.13. The second-order valence-corrected chi connectivity index (χ2v) is 18.2. The topological polar surface area (TPSA) is 104 Å². The molecule has 0 saturated heterocycles. The smallest absolute Gasteiger partial charge is 0.326 e. The van der Waals surface area contributed by atoms with E-state index in [1.165, 1.54) is 6.42 Å². The molecule has 0 unspecified atom stereocenters. The van der Waals surface area contributed by atoms with Gasteiger partial charge in [-0.25, -0.2) is 4.79 Å². The summed E-state index contributed by atoms with van der Waals surface area (Å²) in [7, 11) is 2.10. The summed E-state index contributed by atoms with van der Waals surface area (Å²) in [4.78, 5) is 36.1. The molecule has 2 N–H and O–H groups in total. The molecule has 11 heteroatoms. The van der Waals surface area contributed by atoms with Crippen molar-refractivity contribution in [1.82, 2.24) is 20.1 Å². The first-order valence-corrected chi connectivity index (χ1v) is 22.7. The molecule has 5 aromatic rings. The van der Waals surface area contributed by atoms with Crippen LogP contribution in [0.2, 0.25) is 10.0 Å². The number of benzene rings is 4. The number of hydrogen-bond donors (Lipinski definition) is 2. The number of ether oxygens (including phenoxy) is 2. The molecule has 8 rings (SSSR count). The number of aliphatic carboxylic acids is 1. The van der Waals surface area contributed by atoms with Crippen LogP contribution in [0.1, 0.15) is 102 Å². The Morgan fingerprint density at radius 2 is 1.66 bits per heavy atom. The van der Waals surface area contributed by atoms with Crippen molar-refractivity contribution < 1.29 is 24.2 Å². The van der Waals surface area contributed by atoms with Crippen molar-refractivity contribution in [2.45, 2.75) is 116 Å². The lowest BCUT2D eigenvalue weighted by atomic mass is 9.86. The predicted molar refractivity (Wildman–Crippen MR) is 245 cm³/mol. The molecule has 0 spiro atoms. The summed E-state index contributed by atoms with van der Waals surface area (Å²) in [5, 5.41) is 14.4. The van der Waals surface area contributed by atoms with Crippen LogP contribution in [-0.2, 0) is 35.5 Å². The van der Waals surface area contributed by atoms with Gasteiger partial charge in [-0.05, 0) is 127 Å². The number of carbonyl (C=O) groups is 2. The van der Waals surface area contributed by atoms with E-state index >= 15 is 0 Å². The van der Waals surface area contributed by atoms with Crippen molar-refractivity contribution in [3.8, 4) is 22.6 Å². The van der Waals surface area contributed by atoms with Gasteiger partial charge in [-0.3, -0.25) is 19.6 Å². The van der Waals surface area contributed by atoms with Gasteiger partial charge in [0.25, 0.3) is 0 Å². The predicted octanol–water partition coefficient (Wildman–Crippen LogP) is 10.6. The number of pyridine rings is 1. The third kappa shape index (κ3) is 9.82. The number of hydrogen-bond acceptors (Lipinski definition) is 7. The molecule has 1 aliphatic carbocycles. The number of nitrogens with zero attached hydrogens (tertiary/aromatic N) is 3. The Morgan fingerprint density at radius 1 is 0.903 bits per heavy atom. The van der Waals surface area contributed by atoms with Crippen LogP contribution in [0.5, 0.6) is 11.5 Å². The molecule has 3 aliphatic rings. The first-order chi connectivity index (χ1) is 29.9. The van der Waals surface area contributed by atoms with Crippen LogP contribution in [0.25, 0.3) is 11.1 Å². The lowest BCUT2D eigenvalue weighted by molar-refractivity contribution is -0.143. The Labute approximate surface area is 375 Å². The molecule has 0 bridgehead atoms. The first kappa shape index (κ1) is 43.7. The molecular weight excluding hydrogens is 819 g/mol. The van der Waals surface area contributed by atoms with Gasteiger partial charge in [-0.2, -0.15) is 0 Å². The monoisotopic (exact) mass is 874 g/mol. The molecule has 3 heterocycles. The first-order valence-electron chi connectivity index (χ1n) is 22.0. The summed E-state index contributed by atoms with van der Waals surface area (Å²) in [5.74, 6) is 0.354. The summed E-state index contributed by atoms with van der Waals surface area (Å²) in [5.41, 5.74) is 10.5. The Hall–Kier alpha value is -4.93. The quantitative estimate of drug-likeness (QED) is 0.128. The van der Waals surface area contributed by atoms with Gasteiger partial charge < -0.3 is 19.9 Å². The summed E-state index contributed by atoms with van der Waals surface area (Å²) in [6.07, 6.45) is 8.38. The zero-order valence-corrected chi connectivity index (χ0v) is 37.5. The zero-order valence-electron chi connectivity index (χ0n) is 36.0. The Morgan fingerprint density at radius 3 is 2.37 bits per heavy atom. The van der Waals surface area contributed by atoms with Crippen LogP contribution >= 0.6 is 23.2 Å². The highest BCUT2D eigenvalue weighted by Gasteiger charge is 2.39. The second-order valence-electron chi connectivity index (χ2n) is 17.3. The molecule has 9 nitrogen and oxygen atoms in total. The molecule has 1 fully saturated rings. The van der Waals surface area contributed by atoms with E-state index in [0.29, 0.717) is 36.1 Å². The molecule has 0 radical (unpaired) electrons. The van der Waals surface area contributed by atoms with Crippen LogP contribution < -0.4 is 14.8 Å². The SMILES string of the molecule is CC[C@@H](Oc1ccc([C@H]2CN(C)Cc3cc4c(cc3O2)CN(C2CCCCC2)[C@H](C(=O)N[C@@H](Cc2ccc(-c3ccnc(C)c3C)cc2)C(=O)O)C4)cc1)c1ccc(Cl)c(Cl)c1. The minimum Gasteiger partial charge on any atom is -0.486 e. The normalized spacial score (nSPS) is 19.3. The number of halogens is 2. The number of carboxylic acids is 1. The third-order valence-electron chi connectivity index (χ3n) is 13.1. The average molecular weight is 876 g/mol. The van der Waals surface area contributed by atoms with E-state index in [9.17, 15) is 14.7 Å². The molecule has 62 heavy (non-hydrogen) atoms. The van der Waals surface area contributed by atoms with E-state index in [2.05, 4.69) is 65.3 Å². The fraction of sp³-hybridized carbons (Fsp3) is 0.392. The van der Waals surface area contributed by atoms with Crippen molar-refractivity contribution >= 4 is 35.1 Å². The van der Waals surface area contributed by atoms with E-state index in [0.717, 1.165) is 99.4 Å². The fourth-order valence-corrected chi connectivity index (χ4v) is 9.77. The molecule has 1 amide bonds. The van der Waals surface area contributed by atoms with Crippen molar-refractivity contribution in [2.24, 2.45) is 0 Å². The second kappa shape index (κ2) is 19.2. The van der Waals surface area contributed by atoms with Gasteiger partial charge in [0.2, 0.25) is 5.91 Å². The number of aromatic nitrogens is 1. The maximum atomic E-state index is 14.4. The van der Waals surface area contributed by atoms with Gasteiger partial charge in [-0.1, -0.05) is 97.9 Å². The van der Waals surface area contributed by atoms with Gasteiger partial charge in [-0.15, -0.1) is 0 Å². The van der Waals surface area contributed by atoms with Crippen LogP contribution in [0.4, 0.5) is 0 Å². The lowest BCUT2D eigenvalue weighted by Crippen LogP contribution is -2.57. The average Bonchev–Trinajstić information content (AvgIpc) is 3.44. The van der Waals surface area contributed by atoms with Crippen LogP contribution in [0.3, 0.4) is 0 Å². The summed E-state index contributed by atoms with van der Waals surface area (Å²) < 4.78 is 13.3. The largest absolute Gasteiger partial charge is 0.486 e. The van der Waals surface area contributed by atoms with Gasteiger partial charge >= 0.3 is 5.97 Å². The zero-order chi connectivity index (χ0) is 43.5. The van der Waals surface area contributed by atoms with Crippen molar-refractivity contribution in [3.05, 3.63) is 146 Å². The Bertz CT molecular complexity index is 2400. The Balaban J connectivity index is 0.988. The van der Waals surface area contributed by atoms with Gasteiger partial charge in [0.15, 0.2) is 0 Å². The summed E-state index contributed by atoms with van der Waals surface area (Å²) >= 11 is 12.5. The summed E-state index contributed by atoms with van der Waals surface area (Å²) in [6, 6.07) is 26.8. The number of amides is 1. The maximum Gasteiger partial charge on any atom is 0.326 e.